The van der Waals surface area contributed by atoms with Crippen molar-refractivity contribution in [2.75, 3.05) is 5.32 Å². The first-order valence-corrected chi connectivity index (χ1v) is 8.97. The first-order chi connectivity index (χ1) is 13.4. The van der Waals surface area contributed by atoms with Gasteiger partial charge in [0, 0.05) is 37.0 Å². The lowest BCUT2D eigenvalue weighted by Crippen LogP contribution is -2.19. The number of rotatable bonds is 4. The zero-order chi connectivity index (χ0) is 19.7. The quantitative estimate of drug-likeness (QED) is 0.733. The zero-order valence-corrected chi connectivity index (χ0v) is 15.1. The number of hydrogen-bond donors (Lipinski definition) is 1. The summed E-state index contributed by atoms with van der Waals surface area (Å²) in [5.41, 5.74) is -0.608. The van der Waals surface area contributed by atoms with E-state index in [2.05, 4.69) is 30.5 Å². The van der Waals surface area contributed by atoms with E-state index in [0.717, 1.165) is 37.7 Å². The van der Waals surface area contributed by atoms with Crippen molar-refractivity contribution in [2.45, 2.75) is 44.9 Å². The molecule has 0 saturated heterocycles. The fourth-order valence-electron chi connectivity index (χ4n) is 3.23. The third kappa shape index (κ3) is 3.67. The van der Waals surface area contributed by atoms with Crippen molar-refractivity contribution in [2.24, 2.45) is 0 Å². The van der Waals surface area contributed by atoms with E-state index in [4.69, 9.17) is 0 Å². The molecule has 0 bridgehead atoms. The minimum Gasteiger partial charge on any atom is -0.360 e. The molecule has 3 aromatic heterocycles. The molecule has 4 rings (SSSR count). The first-order valence-electron chi connectivity index (χ1n) is 8.97. The summed E-state index contributed by atoms with van der Waals surface area (Å²) < 4.78 is 42.0. The number of aromatic nitrogens is 6. The average Bonchev–Trinajstić information content (AvgIpc) is 3.12. The van der Waals surface area contributed by atoms with Crippen molar-refractivity contribution >= 4 is 5.82 Å². The van der Waals surface area contributed by atoms with Crippen molar-refractivity contribution < 1.29 is 13.2 Å². The van der Waals surface area contributed by atoms with Crippen LogP contribution in [0, 0.1) is 0 Å². The van der Waals surface area contributed by atoms with Crippen LogP contribution in [-0.4, -0.2) is 29.7 Å². The molecular formula is C18H18F3N7. The molecule has 0 aromatic carbocycles. The highest BCUT2D eigenvalue weighted by molar-refractivity contribution is 5.56. The Kier molecular flexibility index (Phi) is 4.70. The summed E-state index contributed by atoms with van der Waals surface area (Å²) >= 11 is 0. The van der Waals surface area contributed by atoms with Gasteiger partial charge >= 0.3 is 6.18 Å². The van der Waals surface area contributed by atoms with Crippen molar-refractivity contribution in [3.8, 4) is 11.4 Å². The summed E-state index contributed by atoms with van der Waals surface area (Å²) in [6.45, 7) is 2.63. The number of fused-ring (bicyclic) bond motifs is 1. The Hall–Kier alpha value is -3.04. The van der Waals surface area contributed by atoms with Crippen molar-refractivity contribution in [1.82, 2.24) is 29.7 Å². The van der Waals surface area contributed by atoms with E-state index in [9.17, 15) is 13.2 Å². The van der Waals surface area contributed by atoms with Gasteiger partial charge < -0.3 is 9.88 Å². The first kappa shape index (κ1) is 18.3. The predicted molar refractivity (Wildman–Crippen MR) is 95.3 cm³/mol. The minimum atomic E-state index is -4.59. The number of hydrogen-bond acceptors (Lipinski definition) is 6. The molecular weight excluding hydrogens is 371 g/mol. The van der Waals surface area contributed by atoms with E-state index in [1.165, 1.54) is 12.4 Å². The number of pyridine rings is 1. The molecule has 0 spiro atoms. The van der Waals surface area contributed by atoms with Crippen LogP contribution >= 0.6 is 0 Å². The molecule has 10 heteroatoms. The molecule has 1 N–H and O–H groups in total. The second kappa shape index (κ2) is 7.17. The van der Waals surface area contributed by atoms with Crippen molar-refractivity contribution in [3.63, 3.8) is 0 Å². The standard InChI is InChI=1S/C18H18F3N7/c1-11(17-27-26-15-6-2-3-8-28(15)17)23-14-9-13(18(19,20)21)24-16(25-14)12-5-4-7-22-10-12/h4-5,7,9-11H,2-3,6,8H2,1H3,(H,23,24,25). The second-order valence-electron chi connectivity index (χ2n) is 6.65. The van der Waals surface area contributed by atoms with E-state index < -0.39 is 11.9 Å². The molecule has 0 saturated carbocycles. The van der Waals surface area contributed by atoms with Crippen molar-refractivity contribution in [3.05, 3.63) is 47.9 Å². The van der Waals surface area contributed by atoms with Crippen LogP contribution in [0.3, 0.4) is 0 Å². The van der Waals surface area contributed by atoms with Gasteiger partial charge in [-0.3, -0.25) is 4.98 Å². The lowest BCUT2D eigenvalue weighted by molar-refractivity contribution is -0.141. The second-order valence-corrected chi connectivity index (χ2v) is 6.65. The SMILES string of the molecule is CC(Nc1cc(C(F)(F)F)nc(-c2cccnc2)n1)c1nnc2n1CCCC2. The highest BCUT2D eigenvalue weighted by atomic mass is 19.4. The van der Waals surface area contributed by atoms with Gasteiger partial charge in [-0.1, -0.05) is 0 Å². The van der Waals surface area contributed by atoms with Gasteiger partial charge in [0.15, 0.2) is 17.3 Å². The van der Waals surface area contributed by atoms with Crippen LogP contribution in [0.4, 0.5) is 19.0 Å². The third-order valence-electron chi connectivity index (χ3n) is 4.58. The lowest BCUT2D eigenvalue weighted by atomic mass is 10.1. The Morgan fingerprint density at radius 1 is 1.18 bits per heavy atom. The van der Waals surface area contributed by atoms with E-state index >= 15 is 0 Å². The summed E-state index contributed by atoms with van der Waals surface area (Å²) in [7, 11) is 0. The lowest BCUT2D eigenvalue weighted by Gasteiger charge is -2.19. The zero-order valence-electron chi connectivity index (χ0n) is 15.1. The van der Waals surface area contributed by atoms with Gasteiger partial charge in [0.05, 0.1) is 6.04 Å². The summed E-state index contributed by atoms with van der Waals surface area (Å²) in [6.07, 6.45) is 1.32. The van der Waals surface area contributed by atoms with Crippen molar-refractivity contribution in [1.29, 1.82) is 0 Å². The molecule has 1 unspecified atom stereocenters. The highest BCUT2D eigenvalue weighted by Gasteiger charge is 2.34. The van der Waals surface area contributed by atoms with Gasteiger partial charge in [0.1, 0.15) is 11.6 Å². The van der Waals surface area contributed by atoms with Gasteiger partial charge in [0.25, 0.3) is 0 Å². The molecule has 146 valence electrons. The Morgan fingerprint density at radius 3 is 2.79 bits per heavy atom. The number of anilines is 1. The Morgan fingerprint density at radius 2 is 2.04 bits per heavy atom. The van der Waals surface area contributed by atoms with Gasteiger partial charge in [0.2, 0.25) is 0 Å². The smallest absolute Gasteiger partial charge is 0.360 e. The molecule has 0 amide bonds. The van der Waals surface area contributed by atoms with Crippen LogP contribution in [-0.2, 0) is 19.1 Å². The topological polar surface area (TPSA) is 81.4 Å². The largest absolute Gasteiger partial charge is 0.433 e. The molecule has 0 radical (unpaired) electrons. The average molecular weight is 389 g/mol. The molecule has 0 aliphatic carbocycles. The van der Waals surface area contributed by atoms with Gasteiger partial charge in [-0.2, -0.15) is 13.2 Å². The maximum Gasteiger partial charge on any atom is 0.433 e. The van der Waals surface area contributed by atoms with Gasteiger partial charge in [-0.05, 0) is 31.9 Å². The molecule has 1 atom stereocenters. The minimum absolute atomic E-state index is 0.0408. The summed E-state index contributed by atoms with van der Waals surface area (Å²) in [5, 5.41) is 11.4. The summed E-state index contributed by atoms with van der Waals surface area (Å²) in [4.78, 5) is 11.9. The molecule has 1 aliphatic heterocycles. The monoisotopic (exact) mass is 389 g/mol. The van der Waals surface area contributed by atoms with E-state index in [0.29, 0.717) is 11.4 Å². The van der Waals surface area contributed by atoms with E-state index in [1.807, 2.05) is 11.5 Å². The van der Waals surface area contributed by atoms with Gasteiger partial charge in [-0.25, -0.2) is 9.97 Å². The van der Waals surface area contributed by atoms with E-state index in [1.54, 1.807) is 12.1 Å². The fraction of sp³-hybridized carbons (Fsp3) is 0.389. The summed E-state index contributed by atoms with van der Waals surface area (Å²) in [5.74, 6) is 1.62. The van der Waals surface area contributed by atoms with Crippen LogP contribution in [0.1, 0.15) is 43.1 Å². The number of aryl methyl sites for hydroxylation is 1. The van der Waals surface area contributed by atoms with Crippen LogP contribution in [0.15, 0.2) is 30.6 Å². The van der Waals surface area contributed by atoms with Crippen LogP contribution < -0.4 is 5.32 Å². The maximum atomic E-state index is 13.3. The molecule has 0 fully saturated rings. The predicted octanol–water partition coefficient (Wildman–Crippen LogP) is 3.66. The normalized spacial score (nSPS) is 15.1. The van der Waals surface area contributed by atoms with Crippen LogP contribution in [0.25, 0.3) is 11.4 Å². The number of nitrogens with zero attached hydrogens (tertiary/aromatic N) is 6. The van der Waals surface area contributed by atoms with Crippen LogP contribution in [0.2, 0.25) is 0 Å². The Labute approximate surface area is 159 Å². The highest BCUT2D eigenvalue weighted by Crippen LogP contribution is 2.31. The maximum absolute atomic E-state index is 13.3. The number of halogens is 3. The Bertz CT molecular complexity index is 969. The number of nitrogens with one attached hydrogen (secondary N) is 1. The summed E-state index contributed by atoms with van der Waals surface area (Å²) in [6, 6.07) is 3.78. The van der Waals surface area contributed by atoms with E-state index in [-0.39, 0.29) is 17.7 Å². The molecule has 28 heavy (non-hydrogen) atoms. The fourth-order valence-corrected chi connectivity index (χ4v) is 3.23. The number of alkyl halides is 3. The molecule has 4 heterocycles. The molecule has 7 nitrogen and oxygen atoms in total. The molecule has 1 aliphatic rings. The third-order valence-corrected chi connectivity index (χ3v) is 4.58. The Balaban J connectivity index is 1.68. The van der Waals surface area contributed by atoms with Gasteiger partial charge in [-0.15, -0.1) is 10.2 Å². The van der Waals surface area contributed by atoms with Crippen LogP contribution in [0.5, 0.6) is 0 Å². The molecule has 3 aromatic rings.